The van der Waals surface area contributed by atoms with Crippen molar-refractivity contribution in [3.63, 3.8) is 0 Å². The lowest BCUT2D eigenvalue weighted by molar-refractivity contribution is 0.642. The van der Waals surface area contributed by atoms with Crippen molar-refractivity contribution in [1.29, 1.82) is 0 Å². The van der Waals surface area contributed by atoms with Crippen molar-refractivity contribution < 1.29 is 0 Å². The van der Waals surface area contributed by atoms with Gasteiger partial charge in [-0.15, -0.1) is 5.10 Å². The monoisotopic (exact) mass is 375 g/mol. The van der Waals surface area contributed by atoms with Crippen LogP contribution in [0.15, 0.2) is 36.7 Å². The van der Waals surface area contributed by atoms with E-state index in [1.165, 1.54) is 18.5 Å². The molecule has 0 unspecified atom stereocenters. The summed E-state index contributed by atoms with van der Waals surface area (Å²) in [6.07, 6.45) is 4.16. The number of anilines is 3. The summed E-state index contributed by atoms with van der Waals surface area (Å²) < 4.78 is 0. The maximum absolute atomic E-state index is 4.47. The number of fused-ring (bicyclic) bond motifs is 1. The van der Waals surface area contributed by atoms with Crippen LogP contribution in [0.25, 0.3) is 10.9 Å². The summed E-state index contributed by atoms with van der Waals surface area (Å²) in [4.78, 5) is 15.6. The smallest absolute Gasteiger partial charge is 0.151 e. The van der Waals surface area contributed by atoms with Gasteiger partial charge in [-0.05, 0) is 43.2 Å². The lowest BCUT2D eigenvalue weighted by atomic mass is 10.1. The molecule has 5 rings (SSSR count). The van der Waals surface area contributed by atoms with E-state index in [9.17, 15) is 0 Å². The van der Waals surface area contributed by atoms with Gasteiger partial charge in [-0.3, -0.25) is 0 Å². The number of benzene rings is 1. The highest BCUT2D eigenvalue weighted by molar-refractivity contribution is 5.91. The van der Waals surface area contributed by atoms with E-state index in [1.54, 1.807) is 6.33 Å². The summed E-state index contributed by atoms with van der Waals surface area (Å²) in [7, 11) is 4.03. The van der Waals surface area contributed by atoms with Crippen LogP contribution in [0.2, 0.25) is 0 Å². The quantitative estimate of drug-likeness (QED) is 0.695. The molecule has 0 bridgehead atoms. The Morgan fingerprint density at radius 2 is 1.68 bits per heavy atom. The maximum atomic E-state index is 4.47. The molecule has 3 aromatic rings. The van der Waals surface area contributed by atoms with Crippen molar-refractivity contribution in [3.8, 4) is 0 Å². The first kappa shape index (κ1) is 17.2. The molecule has 0 amide bonds. The first-order valence-electron chi connectivity index (χ1n) is 9.94. The molecule has 0 radical (unpaired) electrons. The molecule has 0 N–H and O–H groups in total. The summed E-state index contributed by atoms with van der Waals surface area (Å²) in [6.45, 7) is 3.81. The fourth-order valence-electron chi connectivity index (χ4n) is 3.88. The van der Waals surface area contributed by atoms with Gasteiger partial charge in [0.05, 0.1) is 11.2 Å². The maximum Gasteiger partial charge on any atom is 0.151 e. The summed E-state index contributed by atoms with van der Waals surface area (Å²) in [5.74, 6) is 2.60. The lowest BCUT2D eigenvalue weighted by Crippen LogP contribution is -2.46. The minimum atomic E-state index is 0.655. The molecular weight excluding hydrogens is 350 g/mol. The molecule has 28 heavy (non-hydrogen) atoms. The molecule has 1 aromatic carbocycles. The Labute approximate surface area is 165 Å². The van der Waals surface area contributed by atoms with Crippen molar-refractivity contribution in [2.75, 3.05) is 55.0 Å². The van der Waals surface area contributed by atoms with E-state index < -0.39 is 0 Å². The van der Waals surface area contributed by atoms with Crippen molar-refractivity contribution in [1.82, 2.24) is 20.2 Å². The Bertz CT molecular complexity index is 974. The number of nitrogens with zero attached hydrogens (tertiary/aromatic N) is 7. The van der Waals surface area contributed by atoms with Gasteiger partial charge in [-0.2, -0.15) is 5.10 Å². The second-order valence-electron chi connectivity index (χ2n) is 7.86. The molecule has 7 heteroatoms. The molecule has 1 saturated heterocycles. The Morgan fingerprint density at radius 1 is 0.893 bits per heavy atom. The number of hydrogen-bond donors (Lipinski definition) is 0. The van der Waals surface area contributed by atoms with Crippen LogP contribution >= 0.6 is 0 Å². The standard InChI is InChI=1S/C21H25N7/c1-26(2)21-17-13-16(5-6-19(17)22-14-23-21)27-9-11-28(12-10-27)20-8-7-18(24-25-20)15-3-4-15/h5-8,13-15H,3-4,9-12H2,1-2H3. The van der Waals surface area contributed by atoms with E-state index in [0.717, 1.165) is 54.4 Å². The fraction of sp³-hybridized carbons (Fsp3) is 0.429. The Hall–Kier alpha value is -2.96. The fourth-order valence-corrected chi connectivity index (χ4v) is 3.88. The van der Waals surface area contributed by atoms with Crippen LogP contribution in [0.4, 0.5) is 17.3 Å². The highest BCUT2D eigenvalue weighted by Gasteiger charge is 2.26. The summed E-state index contributed by atoms with van der Waals surface area (Å²) in [6, 6.07) is 10.7. The van der Waals surface area contributed by atoms with Gasteiger partial charge in [0.25, 0.3) is 0 Å². The van der Waals surface area contributed by atoms with Crippen LogP contribution in [-0.2, 0) is 0 Å². The van der Waals surface area contributed by atoms with E-state index >= 15 is 0 Å². The summed E-state index contributed by atoms with van der Waals surface area (Å²) >= 11 is 0. The van der Waals surface area contributed by atoms with Crippen molar-refractivity contribution >= 4 is 28.2 Å². The van der Waals surface area contributed by atoms with Crippen molar-refractivity contribution in [2.24, 2.45) is 0 Å². The van der Waals surface area contributed by atoms with E-state index in [1.807, 2.05) is 19.0 Å². The van der Waals surface area contributed by atoms with Gasteiger partial charge < -0.3 is 14.7 Å². The second-order valence-corrected chi connectivity index (χ2v) is 7.86. The van der Waals surface area contributed by atoms with Gasteiger partial charge in [0, 0.05) is 57.3 Å². The largest absolute Gasteiger partial charge is 0.368 e. The second kappa shape index (κ2) is 6.89. The van der Waals surface area contributed by atoms with E-state index in [0.29, 0.717) is 5.92 Å². The first-order valence-corrected chi connectivity index (χ1v) is 9.94. The van der Waals surface area contributed by atoms with E-state index in [-0.39, 0.29) is 0 Å². The molecule has 3 heterocycles. The third kappa shape index (κ3) is 3.21. The van der Waals surface area contributed by atoms with Crippen LogP contribution in [0.5, 0.6) is 0 Å². The average Bonchev–Trinajstić information content (AvgIpc) is 3.58. The number of hydrogen-bond acceptors (Lipinski definition) is 7. The summed E-state index contributed by atoms with van der Waals surface area (Å²) in [5, 5.41) is 9.99. The van der Waals surface area contributed by atoms with E-state index in [2.05, 4.69) is 60.3 Å². The molecule has 1 aliphatic carbocycles. The van der Waals surface area contributed by atoms with Gasteiger partial charge in [0.15, 0.2) is 5.82 Å². The Morgan fingerprint density at radius 3 is 2.36 bits per heavy atom. The highest BCUT2D eigenvalue weighted by Crippen LogP contribution is 2.38. The molecular formula is C21H25N7. The van der Waals surface area contributed by atoms with Crippen LogP contribution in [-0.4, -0.2) is 60.4 Å². The van der Waals surface area contributed by atoms with Crippen LogP contribution in [0.1, 0.15) is 24.5 Å². The first-order chi connectivity index (χ1) is 13.7. The zero-order chi connectivity index (χ0) is 19.1. The van der Waals surface area contributed by atoms with Gasteiger partial charge >= 0.3 is 0 Å². The number of piperazine rings is 1. The van der Waals surface area contributed by atoms with Gasteiger partial charge in [-0.25, -0.2) is 9.97 Å². The molecule has 0 atom stereocenters. The molecule has 1 aliphatic heterocycles. The van der Waals surface area contributed by atoms with Crippen LogP contribution in [0.3, 0.4) is 0 Å². The minimum Gasteiger partial charge on any atom is -0.368 e. The molecule has 7 nitrogen and oxygen atoms in total. The van der Waals surface area contributed by atoms with Gasteiger partial charge in [0.2, 0.25) is 0 Å². The zero-order valence-electron chi connectivity index (χ0n) is 16.4. The van der Waals surface area contributed by atoms with E-state index in [4.69, 9.17) is 0 Å². The predicted molar refractivity (Wildman–Crippen MR) is 112 cm³/mol. The molecule has 2 aliphatic rings. The third-order valence-corrected chi connectivity index (χ3v) is 5.66. The molecule has 0 spiro atoms. The van der Waals surface area contributed by atoms with Gasteiger partial charge in [-0.1, -0.05) is 0 Å². The Kier molecular flexibility index (Phi) is 4.22. The zero-order valence-corrected chi connectivity index (χ0v) is 16.4. The third-order valence-electron chi connectivity index (χ3n) is 5.66. The van der Waals surface area contributed by atoms with Gasteiger partial charge in [0.1, 0.15) is 12.1 Å². The normalized spacial score (nSPS) is 17.2. The predicted octanol–water partition coefficient (Wildman–Crippen LogP) is 2.69. The van der Waals surface area contributed by atoms with Crippen LogP contribution < -0.4 is 14.7 Å². The SMILES string of the molecule is CN(C)c1ncnc2ccc(N3CCN(c4ccc(C5CC5)nn4)CC3)cc12. The van der Waals surface area contributed by atoms with Crippen LogP contribution in [0, 0.1) is 0 Å². The number of rotatable bonds is 4. The average molecular weight is 375 g/mol. The van der Waals surface area contributed by atoms with Crippen molar-refractivity contribution in [2.45, 2.75) is 18.8 Å². The summed E-state index contributed by atoms with van der Waals surface area (Å²) in [5.41, 5.74) is 3.35. The number of aromatic nitrogens is 4. The molecule has 2 aromatic heterocycles. The molecule has 144 valence electrons. The van der Waals surface area contributed by atoms with Crippen molar-refractivity contribution in [3.05, 3.63) is 42.4 Å². The molecule has 1 saturated carbocycles. The topological polar surface area (TPSA) is 61.3 Å². The lowest BCUT2D eigenvalue weighted by Gasteiger charge is -2.36. The highest BCUT2D eigenvalue weighted by atomic mass is 15.3. The molecule has 2 fully saturated rings. The Balaban J connectivity index is 1.31. The minimum absolute atomic E-state index is 0.655.